The monoisotopic (exact) mass is 318 g/mol. The Kier molecular flexibility index (Phi) is 4.43. The molecule has 0 unspecified atom stereocenters. The summed E-state index contributed by atoms with van der Waals surface area (Å²) >= 11 is 0. The van der Waals surface area contributed by atoms with Gasteiger partial charge in [0.1, 0.15) is 10.6 Å². The van der Waals surface area contributed by atoms with E-state index in [1.807, 2.05) is 0 Å². The van der Waals surface area contributed by atoms with Gasteiger partial charge in [0, 0.05) is 11.9 Å². The molecular formula is C12H12F2N2O4S. The number of aromatic amines is 1. The van der Waals surface area contributed by atoms with E-state index in [0.29, 0.717) is 5.69 Å². The number of sulfonamides is 1. The van der Waals surface area contributed by atoms with Crippen LogP contribution in [0.4, 0.5) is 14.5 Å². The zero-order valence-corrected chi connectivity index (χ0v) is 11.4. The van der Waals surface area contributed by atoms with Crippen molar-refractivity contribution in [3.8, 4) is 5.75 Å². The van der Waals surface area contributed by atoms with Gasteiger partial charge in [-0.1, -0.05) is 12.1 Å². The zero-order chi connectivity index (χ0) is 15.5. The molecule has 21 heavy (non-hydrogen) atoms. The molecule has 0 aliphatic carbocycles. The molecule has 0 radical (unpaired) electrons. The van der Waals surface area contributed by atoms with Gasteiger partial charge in [-0.25, -0.2) is 8.42 Å². The van der Waals surface area contributed by atoms with Crippen LogP contribution in [-0.2, 0) is 16.6 Å². The fraction of sp³-hybridized carbons (Fsp3) is 0.167. The second-order valence-electron chi connectivity index (χ2n) is 4.00. The fourth-order valence-corrected chi connectivity index (χ4v) is 2.71. The van der Waals surface area contributed by atoms with E-state index in [1.54, 1.807) is 0 Å². The Bertz CT molecular complexity index is 716. The van der Waals surface area contributed by atoms with Crippen molar-refractivity contribution in [1.82, 2.24) is 4.98 Å². The van der Waals surface area contributed by atoms with E-state index in [4.69, 9.17) is 5.11 Å². The highest BCUT2D eigenvalue weighted by atomic mass is 32.2. The molecule has 0 aliphatic rings. The van der Waals surface area contributed by atoms with Crippen LogP contribution in [0.5, 0.6) is 5.75 Å². The van der Waals surface area contributed by atoms with Crippen LogP contribution in [0.3, 0.4) is 0 Å². The molecule has 0 fully saturated rings. The molecule has 0 spiro atoms. The van der Waals surface area contributed by atoms with Gasteiger partial charge in [-0.2, -0.15) is 8.78 Å². The van der Waals surface area contributed by atoms with E-state index >= 15 is 0 Å². The van der Waals surface area contributed by atoms with Crippen molar-refractivity contribution < 1.29 is 27.0 Å². The molecule has 0 saturated carbocycles. The predicted molar refractivity (Wildman–Crippen MR) is 70.6 cm³/mol. The average molecular weight is 318 g/mol. The van der Waals surface area contributed by atoms with Crippen molar-refractivity contribution in [3.63, 3.8) is 0 Å². The van der Waals surface area contributed by atoms with Gasteiger partial charge in [0.15, 0.2) is 0 Å². The first kappa shape index (κ1) is 15.3. The van der Waals surface area contributed by atoms with Gasteiger partial charge in [0.2, 0.25) is 0 Å². The number of ether oxygens (including phenoxy) is 1. The van der Waals surface area contributed by atoms with Crippen molar-refractivity contribution in [3.05, 3.63) is 42.2 Å². The Morgan fingerprint density at radius 1 is 1.33 bits per heavy atom. The summed E-state index contributed by atoms with van der Waals surface area (Å²) in [5.74, 6) is -0.283. The zero-order valence-electron chi connectivity index (χ0n) is 10.6. The summed E-state index contributed by atoms with van der Waals surface area (Å²) in [6, 6.07) is 6.68. The van der Waals surface area contributed by atoms with Gasteiger partial charge in [0.25, 0.3) is 10.0 Å². The van der Waals surface area contributed by atoms with E-state index in [9.17, 15) is 17.2 Å². The Hall–Kier alpha value is -2.13. The third kappa shape index (κ3) is 3.70. The Morgan fingerprint density at radius 3 is 2.67 bits per heavy atom. The van der Waals surface area contributed by atoms with Crippen LogP contribution in [0.2, 0.25) is 0 Å². The number of H-pyrrole nitrogens is 1. The molecule has 0 aliphatic heterocycles. The first-order valence-electron chi connectivity index (χ1n) is 5.77. The van der Waals surface area contributed by atoms with Gasteiger partial charge in [0.05, 0.1) is 12.3 Å². The highest BCUT2D eigenvalue weighted by Gasteiger charge is 2.19. The fourth-order valence-electron chi connectivity index (χ4n) is 1.62. The number of hydrogen-bond acceptors (Lipinski definition) is 4. The molecule has 1 aromatic heterocycles. The van der Waals surface area contributed by atoms with Crippen LogP contribution < -0.4 is 9.46 Å². The summed E-state index contributed by atoms with van der Waals surface area (Å²) in [5, 5.41) is 8.90. The minimum Gasteiger partial charge on any atom is -0.433 e. The van der Waals surface area contributed by atoms with Crippen LogP contribution in [0.25, 0.3) is 0 Å². The van der Waals surface area contributed by atoms with Crippen molar-refractivity contribution in [1.29, 1.82) is 0 Å². The Morgan fingerprint density at radius 2 is 2.05 bits per heavy atom. The molecule has 2 rings (SSSR count). The number of hydrogen-bond donors (Lipinski definition) is 3. The van der Waals surface area contributed by atoms with Gasteiger partial charge >= 0.3 is 6.61 Å². The van der Waals surface area contributed by atoms with Crippen LogP contribution in [-0.4, -0.2) is 25.1 Å². The molecular weight excluding hydrogens is 306 g/mol. The Balaban J connectivity index is 2.28. The van der Waals surface area contributed by atoms with Crippen molar-refractivity contribution in [2.75, 3.05) is 4.72 Å². The van der Waals surface area contributed by atoms with Crippen molar-refractivity contribution in [2.24, 2.45) is 0 Å². The minimum absolute atomic E-state index is 0.107. The van der Waals surface area contributed by atoms with Crippen molar-refractivity contribution in [2.45, 2.75) is 18.1 Å². The molecule has 0 amide bonds. The third-order valence-electron chi connectivity index (χ3n) is 2.54. The van der Waals surface area contributed by atoms with Gasteiger partial charge in [-0.05, 0) is 18.2 Å². The second kappa shape index (κ2) is 6.10. The van der Waals surface area contributed by atoms with E-state index in [0.717, 1.165) is 0 Å². The van der Waals surface area contributed by atoms with Crippen LogP contribution in [0.15, 0.2) is 41.4 Å². The number of aliphatic hydroxyl groups is 1. The van der Waals surface area contributed by atoms with Gasteiger partial charge in [-0.15, -0.1) is 0 Å². The SMILES string of the molecule is O=S(=O)(Nc1ccccc1OC(F)F)c1c[nH]c(CO)c1. The number of aromatic nitrogens is 1. The summed E-state index contributed by atoms with van der Waals surface area (Å²) in [5.41, 5.74) is 0.206. The lowest BCUT2D eigenvalue weighted by Crippen LogP contribution is -2.14. The number of halogens is 2. The number of nitrogens with one attached hydrogen (secondary N) is 2. The number of aliphatic hydroxyl groups excluding tert-OH is 1. The van der Waals surface area contributed by atoms with Gasteiger partial charge < -0.3 is 14.8 Å². The Labute approximate surface area is 119 Å². The maximum absolute atomic E-state index is 12.3. The number of alkyl halides is 2. The van der Waals surface area contributed by atoms with E-state index in [1.165, 1.54) is 36.5 Å². The molecule has 3 N–H and O–H groups in total. The topological polar surface area (TPSA) is 91.4 Å². The molecule has 1 heterocycles. The lowest BCUT2D eigenvalue weighted by Gasteiger charge is -2.12. The molecule has 0 bridgehead atoms. The standard InChI is InChI=1S/C12H12F2N2O4S/c13-12(14)20-11-4-2-1-3-10(11)16-21(18,19)9-5-8(7-17)15-6-9/h1-6,12,15-17H,7H2. The van der Waals surface area contributed by atoms with E-state index < -0.39 is 16.6 Å². The minimum atomic E-state index is -3.98. The lowest BCUT2D eigenvalue weighted by atomic mass is 10.3. The predicted octanol–water partition coefficient (Wildman–Crippen LogP) is 1.91. The molecule has 114 valence electrons. The number of rotatable bonds is 6. The normalized spacial score (nSPS) is 11.6. The molecule has 9 heteroatoms. The highest BCUT2D eigenvalue weighted by Crippen LogP contribution is 2.28. The average Bonchev–Trinajstić information content (AvgIpc) is 2.90. The highest BCUT2D eigenvalue weighted by molar-refractivity contribution is 7.92. The van der Waals surface area contributed by atoms with Crippen LogP contribution in [0, 0.1) is 0 Å². The van der Waals surface area contributed by atoms with E-state index in [2.05, 4.69) is 14.4 Å². The molecule has 0 saturated heterocycles. The summed E-state index contributed by atoms with van der Waals surface area (Å²) in [7, 11) is -3.98. The third-order valence-corrected chi connectivity index (χ3v) is 3.89. The van der Waals surface area contributed by atoms with E-state index in [-0.39, 0.29) is 22.9 Å². The number of anilines is 1. The first-order valence-corrected chi connectivity index (χ1v) is 7.25. The molecule has 2 aromatic rings. The maximum atomic E-state index is 12.3. The number of benzene rings is 1. The summed E-state index contributed by atoms with van der Waals surface area (Å²) in [6.07, 6.45) is 1.18. The quantitative estimate of drug-likeness (QED) is 0.759. The summed E-state index contributed by atoms with van der Waals surface area (Å²) < 4.78 is 55.2. The summed E-state index contributed by atoms with van der Waals surface area (Å²) in [6.45, 7) is -3.41. The molecule has 1 aromatic carbocycles. The van der Waals surface area contributed by atoms with Crippen LogP contribution >= 0.6 is 0 Å². The number of para-hydroxylation sites is 2. The summed E-state index contributed by atoms with van der Waals surface area (Å²) in [4.78, 5) is 2.45. The van der Waals surface area contributed by atoms with Crippen molar-refractivity contribution >= 4 is 15.7 Å². The smallest absolute Gasteiger partial charge is 0.387 e. The second-order valence-corrected chi connectivity index (χ2v) is 5.68. The maximum Gasteiger partial charge on any atom is 0.387 e. The molecule has 6 nitrogen and oxygen atoms in total. The lowest BCUT2D eigenvalue weighted by molar-refractivity contribution is -0.0493. The molecule has 0 atom stereocenters. The first-order chi connectivity index (χ1) is 9.92. The van der Waals surface area contributed by atoms with Crippen LogP contribution in [0.1, 0.15) is 5.69 Å². The largest absolute Gasteiger partial charge is 0.433 e. The van der Waals surface area contributed by atoms with Gasteiger partial charge in [-0.3, -0.25) is 4.72 Å².